The number of benzene rings is 2. The first-order valence-electron chi connectivity index (χ1n) is 5.91. The minimum Gasteiger partial charge on any atom is -0.550 e. The van der Waals surface area contributed by atoms with E-state index in [1.807, 2.05) is 42.5 Å². The summed E-state index contributed by atoms with van der Waals surface area (Å²) in [4.78, 5) is 13.2. The minimum atomic E-state index is -1.04. The fraction of sp³-hybridized carbons (Fsp3) is 0.133. The maximum atomic E-state index is 11.0. The standard InChI is InChI=1S/C15H11ClO2S/c16-9-5-6-14-12(7-9)11(8-15(17)18)10-3-1-2-4-13(10)19-14/h1-7,11H,8H2,(H,17,18)/p-1/t11-/m0/s1. The molecular formula is C15H10ClO2S-. The van der Waals surface area contributed by atoms with Crippen LogP contribution in [0.1, 0.15) is 23.5 Å². The third-order valence-corrected chi connectivity index (χ3v) is 4.65. The fourth-order valence-electron chi connectivity index (χ4n) is 2.42. The Morgan fingerprint density at radius 1 is 1.16 bits per heavy atom. The van der Waals surface area contributed by atoms with Gasteiger partial charge in [0, 0.05) is 26.7 Å². The molecule has 19 heavy (non-hydrogen) atoms. The lowest BCUT2D eigenvalue weighted by Gasteiger charge is -2.28. The molecule has 1 aliphatic rings. The molecule has 0 aromatic heterocycles. The Balaban J connectivity index is 2.16. The van der Waals surface area contributed by atoms with Crippen LogP contribution in [0.5, 0.6) is 0 Å². The molecule has 0 saturated heterocycles. The van der Waals surface area contributed by atoms with Crippen molar-refractivity contribution in [2.45, 2.75) is 22.1 Å². The van der Waals surface area contributed by atoms with Crippen LogP contribution in [0.2, 0.25) is 5.02 Å². The summed E-state index contributed by atoms with van der Waals surface area (Å²) >= 11 is 7.68. The molecule has 1 atom stereocenters. The van der Waals surface area contributed by atoms with E-state index in [9.17, 15) is 9.90 Å². The average Bonchev–Trinajstić information content (AvgIpc) is 2.39. The predicted molar refractivity (Wildman–Crippen MR) is 73.5 cm³/mol. The van der Waals surface area contributed by atoms with Gasteiger partial charge in [-0.2, -0.15) is 0 Å². The predicted octanol–water partition coefficient (Wildman–Crippen LogP) is 3.08. The van der Waals surface area contributed by atoms with Crippen molar-refractivity contribution in [1.82, 2.24) is 0 Å². The second kappa shape index (κ2) is 4.91. The molecule has 96 valence electrons. The highest BCUT2D eigenvalue weighted by atomic mass is 35.5. The van der Waals surface area contributed by atoms with Crippen molar-refractivity contribution < 1.29 is 9.90 Å². The van der Waals surface area contributed by atoms with Crippen LogP contribution in [0.25, 0.3) is 0 Å². The molecule has 0 N–H and O–H groups in total. The third kappa shape index (κ3) is 2.36. The van der Waals surface area contributed by atoms with Crippen LogP contribution in [0.3, 0.4) is 0 Å². The van der Waals surface area contributed by atoms with E-state index in [0.29, 0.717) is 5.02 Å². The minimum absolute atomic E-state index is 0.0229. The van der Waals surface area contributed by atoms with Crippen LogP contribution in [-0.2, 0) is 4.79 Å². The van der Waals surface area contributed by atoms with E-state index < -0.39 is 5.97 Å². The SMILES string of the molecule is O=C([O-])C[C@H]1c2ccccc2Sc2ccc(Cl)cc21. The Morgan fingerprint density at radius 2 is 1.89 bits per heavy atom. The number of halogens is 1. The molecule has 0 spiro atoms. The Morgan fingerprint density at radius 3 is 2.68 bits per heavy atom. The molecule has 3 rings (SSSR count). The lowest BCUT2D eigenvalue weighted by atomic mass is 9.88. The number of carboxylic acid groups (broad SMARTS) is 1. The second-order valence-corrected chi connectivity index (χ2v) is 5.97. The van der Waals surface area contributed by atoms with Crippen molar-refractivity contribution in [3.8, 4) is 0 Å². The summed E-state index contributed by atoms with van der Waals surface area (Å²) in [6, 6.07) is 13.5. The monoisotopic (exact) mass is 289 g/mol. The van der Waals surface area contributed by atoms with Gasteiger partial charge in [0.05, 0.1) is 0 Å². The van der Waals surface area contributed by atoms with Gasteiger partial charge in [-0.3, -0.25) is 0 Å². The molecule has 1 aliphatic heterocycles. The van der Waals surface area contributed by atoms with Crippen LogP contribution >= 0.6 is 23.4 Å². The van der Waals surface area contributed by atoms with Gasteiger partial charge < -0.3 is 9.90 Å². The zero-order valence-electron chi connectivity index (χ0n) is 9.93. The number of carbonyl (C=O) groups excluding carboxylic acids is 1. The molecule has 2 nitrogen and oxygen atoms in total. The van der Waals surface area contributed by atoms with E-state index in [1.165, 1.54) is 0 Å². The number of carbonyl (C=O) groups is 1. The van der Waals surface area contributed by atoms with E-state index in [4.69, 9.17) is 11.6 Å². The van der Waals surface area contributed by atoms with E-state index in [1.54, 1.807) is 11.8 Å². The summed E-state index contributed by atoms with van der Waals surface area (Å²) in [6.07, 6.45) is -0.0229. The molecule has 2 aromatic carbocycles. The van der Waals surface area contributed by atoms with E-state index >= 15 is 0 Å². The highest BCUT2D eigenvalue weighted by Gasteiger charge is 2.26. The van der Waals surface area contributed by atoms with E-state index in [0.717, 1.165) is 20.9 Å². The molecule has 0 fully saturated rings. The highest BCUT2D eigenvalue weighted by molar-refractivity contribution is 7.99. The summed E-state index contributed by atoms with van der Waals surface area (Å²) in [6.45, 7) is 0. The maximum Gasteiger partial charge on any atom is 0.0423 e. The van der Waals surface area contributed by atoms with Gasteiger partial charge >= 0.3 is 0 Å². The van der Waals surface area contributed by atoms with Gasteiger partial charge in [0.25, 0.3) is 0 Å². The topological polar surface area (TPSA) is 40.1 Å². The van der Waals surface area contributed by atoms with Crippen molar-refractivity contribution in [3.05, 3.63) is 58.6 Å². The number of aliphatic carboxylic acids is 1. The summed E-state index contributed by atoms with van der Waals surface area (Å²) in [5, 5.41) is 11.6. The first-order valence-corrected chi connectivity index (χ1v) is 7.10. The highest BCUT2D eigenvalue weighted by Crippen LogP contribution is 2.47. The van der Waals surface area contributed by atoms with Crippen LogP contribution < -0.4 is 5.11 Å². The van der Waals surface area contributed by atoms with Crippen LogP contribution in [-0.4, -0.2) is 5.97 Å². The molecule has 0 bridgehead atoms. The van der Waals surface area contributed by atoms with Gasteiger partial charge in [-0.1, -0.05) is 41.6 Å². The molecule has 2 aromatic rings. The molecule has 0 unspecified atom stereocenters. The van der Waals surface area contributed by atoms with Gasteiger partial charge in [0.15, 0.2) is 0 Å². The van der Waals surface area contributed by atoms with E-state index in [-0.39, 0.29) is 12.3 Å². The quantitative estimate of drug-likeness (QED) is 0.853. The molecular weight excluding hydrogens is 280 g/mol. The second-order valence-electron chi connectivity index (χ2n) is 4.45. The lowest BCUT2D eigenvalue weighted by Crippen LogP contribution is -2.26. The number of hydrogen-bond acceptors (Lipinski definition) is 3. The summed E-state index contributed by atoms with van der Waals surface area (Å²) in [5.41, 5.74) is 2.01. The van der Waals surface area contributed by atoms with Gasteiger partial charge in [-0.25, -0.2) is 0 Å². The largest absolute Gasteiger partial charge is 0.550 e. The number of hydrogen-bond donors (Lipinski definition) is 0. The van der Waals surface area contributed by atoms with Crippen LogP contribution in [0.15, 0.2) is 52.3 Å². The summed E-state index contributed by atoms with van der Waals surface area (Å²) in [5.74, 6) is -1.23. The zero-order chi connectivity index (χ0) is 13.4. The maximum absolute atomic E-state index is 11.0. The Labute approximate surface area is 120 Å². The Hall–Kier alpha value is -1.45. The first-order chi connectivity index (χ1) is 9.15. The normalized spacial score (nSPS) is 16.6. The number of rotatable bonds is 2. The molecule has 1 heterocycles. The van der Waals surface area contributed by atoms with E-state index in [2.05, 4.69) is 0 Å². The summed E-state index contributed by atoms with van der Waals surface area (Å²) in [7, 11) is 0. The van der Waals surface area contributed by atoms with Crippen molar-refractivity contribution >= 4 is 29.3 Å². The first kappa shape index (κ1) is 12.6. The molecule has 0 amide bonds. The van der Waals surface area contributed by atoms with Crippen LogP contribution in [0.4, 0.5) is 0 Å². The van der Waals surface area contributed by atoms with Crippen molar-refractivity contribution in [2.75, 3.05) is 0 Å². The van der Waals surface area contributed by atoms with Crippen LogP contribution in [0, 0.1) is 0 Å². The van der Waals surface area contributed by atoms with Gasteiger partial charge in [0.2, 0.25) is 0 Å². The molecule has 0 saturated carbocycles. The van der Waals surface area contributed by atoms with Crippen molar-refractivity contribution in [2.24, 2.45) is 0 Å². The average molecular weight is 290 g/mol. The summed E-state index contributed by atoms with van der Waals surface area (Å²) < 4.78 is 0. The third-order valence-electron chi connectivity index (χ3n) is 3.23. The molecule has 0 aliphatic carbocycles. The number of carboxylic acids is 1. The molecule has 4 heteroatoms. The number of fused-ring (bicyclic) bond motifs is 2. The lowest BCUT2D eigenvalue weighted by molar-refractivity contribution is -0.306. The van der Waals surface area contributed by atoms with Gasteiger partial charge in [0.1, 0.15) is 0 Å². The zero-order valence-corrected chi connectivity index (χ0v) is 11.5. The van der Waals surface area contributed by atoms with Crippen molar-refractivity contribution in [1.29, 1.82) is 0 Å². The fourth-order valence-corrected chi connectivity index (χ4v) is 3.77. The Bertz CT molecular complexity index is 654. The van der Waals surface area contributed by atoms with Gasteiger partial charge in [-0.15, -0.1) is 0 Å². The van der Waals surface area contributed by atoms with Crippen molar-refractivity contribution in [3.63, 3.8) is 0 Å². The molecule has 0 radical (unpaired) electrons. The smallest absolute Gasteiger partial charge is 0.0423 e. The Kier molecular flexibility index (Phi) is 3.25. The van der Waals surface area contributed by atoms with Gasteiger partial charge in [-0.05, 0) is 41.8 Å².